The average molecular weight is 327 g/mol. The summed E-state index contributed by atoms with van der Waals surface area (Å²) in [7, 11) is 0. The molecule has 0 aliphatic heterocycles. The molecule has 0 saturated heterocycles. The van der Waals surface area contributed by atoms with Gasteiger partial charge >= 0.3 is 5.69 Å². The van der Waals surface area contributed by atoms with E-state index in [1.54, 1.807) is 0 Å². The van der Waals surface area contributed by atoms with Crippen molar-refractivity contribution in [2.45, 2.75) is 20.8 Å². The predicted octanol–water partition coefficient (Wildman–Crippen LogP) is -2.67. The van der Waals surface area contributed by atoms with E-state index in [0.717, 1.165) is 18.7 Å². The van der Waals surface area contributed by atoms with Gasteiger partial charge in [-0.2, -0.15) is 0 Å². The summed E-state index contributed by atoms with van der Waals surface area (Å²) in [4.78, 5) is 5.46. The van der Waals surface area contributed by atoms with Crippen molar-refractivity contribution in [2.75, 3.05) is 18.0 Å². The molecule has 1 aromatic rings. The Morgan fingerprint density at radius 3 is 2.06 bits per heavy atom. The van der Waals surface area contributed by atoms with E-state index in [0.29, 0.717) is 5.69 Å². The summed E-state index contributed by atoms with van der Waals surface area (Å²) in [6, 6.07) is 5.86. The van der Waals surface area contributed by atoms with Crippen LogP contribution >= 0.6 is 0 Å². The van der Waals surface area contributed by atoms with E-state index in [9.17, 15) is 0 Å². The number of hydrogen-bond acceptors (Lipinski definition) is 2. The second-order valence-electron chi connectivity index (χ2n) is 3.24. The van der Waals surface area contributed by atoms with Crippen molar-refractivity contribution in [3.05, 3.63) is 28.7 Å². The fourth-order valence-electron chi connectivity index (χ4n) is 1.54. The number of rotatable bonds is 3. The Morgan fingerprint density at radius 1 is 1.18 bits per heavy atom. The maximum Gasteiger partial charge on any atom is 0.388 e. The van der Waals surface area contributed by atoms with Gasteiger partial charge in [0, 0.05) is 49.9 Å². The van der Waals surface area contributed by atoms with Crippen molar-refractivity contribution < 1.29 is 44.3 Å². The second-order valence-corrected chi connectivity index (χ2v) is 3.24. The second kappa shape index (κ2) is 10.8. The van der Waals surface area contributed by atoms with Gasteiger partial charge in [0.25, 0.3) is 0 Å². The van der Waals surface area contributed by atoms with Crippen molar-refractivity contribution in [1.29, 1.82) is 5.39 Å². The van der Waals surface area contributed by atoms with Crippen LogP contribution < -0.4 is 29.7 Å². The summed E-state index contributed by atoms with van der Waals surface area (Å²) in [6.45, 7) is 8.19. The van der Waals surface area contributed by atoms with Crippen molar-refractivity contribution in [1.82, 2.24) is 0 Å². The van der Waals surface area contributed by atoms with Gasteiger partial charge < -0.3 is 29.7 Å². The molecular formula is C11H16Cl2N3Zn-. The van der Waals surface area contributed by atoms with Crippen LogP contribution in [0.1, 0.15) is 19.4 Å². The minimum atomic E-state index is 0. The summed E-state index contributed by atoms with van der Waals surface area (Å²) in [5, 5.41) is 8.67. The molecule has 17 heavy (non-hydrogen) atoms. The van der Waals surface area contributed by atoms with E-state index >= 15 is 0 Å². The molecule has 0 fully saturated rings. The summed E-state index contributed by atoms with van der Waals surface area (Å²) in [5.74, 6) is 0. The Bertz CT molecular complexity index is 362. The normalized spacial score (nSPS) is 7.88. The van der Waals surface area contributed by atoms with Crippen molar-refractivity contribution in [2.24, 2.45) is 0 Å². The molecule has 1 aromatic carbocycles. The summed E-state index contributed by atoms with van der Waals surface area (Å²) in [5.41, 5.74) is 2.82. The predicted molar refractivity (Wildman–Crippen MR) is 59.5 cm³/mol. The maximum absolute atomic E-state index is 8.67. The molecule has 0 atom stereocenters. The Kier molecular flexibility index (Phi) is 13.9. The number of diazo groups is 1. The first-order chi connectivity index (χ1) is 6.72. The number of hydrogen-bond donors (Lipinski definition) is 0. The Hall–Kier alpha value is -0.357. The molecule has 3 nitrogen and oxygen atoms in total. The smallest absolute Gasteiger partial charge is 0.388 e. The molecule has 0 heterocycles. The van der Waals surface area contributed by atoms with E-state index in [-0.39, 0.29) is 44.3 Å². The van der Waals surface area contributed by atoms with Crippen molar-refractivity contribution in [3.8, 4) is 0 Å². The van der Waals surface area contributed by atoms with Crippen LogP contribution in [0.25, 0.3) is 4.98 Å². The van der Waals surface area contributed by atoms with Gasteiger partial charge in [0.2, 0.25) is 5.39 Å². The zero-order valence-electron chi connectivity index (χ0n) is 10.5. The Balaban J connectivity index is -0.000000653. The van der Waals surface area contributed by atoms with E-state index < -0.39 is 0 Å². The number of nitrogens with zero attached hydrogens (tertiary/aromatic N) is 3. The average Bonchev–Trinajstić information content (AvgIpc) is 2.20. The summed E-state index contributed by atoms with van der Waals surface area (Å²) in [6.07, 6.45) is 0. The van der Waals surface area contributed by atoms with Crippen LogP contribution in [0.5, 0.6) is 0 Å². The van der Waals surface area contributed by atoms with Crippen molar-refractivity contribution in [3.63, 3.8) is 0 Å². The molecule has 0 N–H and O–H groups in total. The van der Waals surface area contributed by atoms with Crippen LogP contribution in [0.2, 0.25) is 0 Å². The third kappa shape index (κ3) is 5.68. The first-order valence-electron chi connectivity index (χ1n) is 4.93. The molecule has 0 aromatic heterocycles. The van der Waals surface area contributed by atoms with Gasteiger partial charge in [0.1, 0.15) is 0 Å². The monoisotopic (exact) mass is 324 g/mol. The largest absolute Gasteiger partial charge is 1.00 e. The Labute approximate surface area is 128 Å². The van der Waals surface area contributed by atoms with Gasteiger partial charge in [0.15, 0.2) is 4.98 Å². The number of aryl methyl sites for hydroxylation is 1. The molecule has 92 valence electrons. The van der Waals surface area contributed by atoms with Gasteiger partial charge in [-0.05, 0) is 32.9 Å². The molecule has 0 spiro atoms. The van der Waals surface area contributed by atoms with Gasteiger partial charge in [-0.25, -0.2) is 0 Å². The van der Waals surface area contributed by atoms with Crippen molar-refractivity contribution >= 4 is 11.4 Å². The van der Waals surface area contributed by atoms with E-state index in [2.05, 4.69) is 23.7 Å². The maximum atomic E-state index is 8.67. The molecule has 0 bridgehead atoms. The van der Waals surface area contributed by atoms with Gasteiger partial charge in [-0.15, -0.1) is 0 Å². The van der Waals surface area contributed by atoms with Crippen LogP contribution in [0.3, 0.4) is 0 Å². The van der Waals surface area contributed by atoms with Crippen LogP contribution in [0.15, 0.2) is 18.2 Å². The Morgan fingerprint density at radius 2 is 1.71 bits per heavy atom. The fraction of sp³-hybridized carbons (Fsp3) is 0.455. The molecule has 0 amide bonds. The topological polar surface area (TPSA) is 31.4 Å². The third-order valence-electron chi connectivity index (χ3n) is 2.42. The van der Waals surface area contributed by atoms with Crippen LogP contribution in [-0.2, 0) is 19.5 Å². The van der Waals surface area contributed by atoms with Crippen LogP contribution in [0.4, 0.5) is 11.4 Å². The minimum Gasteiger partial charge on any atom is -1.00 e. The molecule has 0 unspecified atom stereocenters. The summed E-state index contributed by atoms with van der Waals surface area (Å²) >= 11 is 0. The van der Waals surface area contributed by atoms with E-state index in [1.165, 1.54) is 5.69 Å². The minimum absolute atomic E-state index is 0. The van der Waals surface area contributed by atoms with Gasteiger partial charge in [-0.3, -0.25) is 0 Å². The van der Waals surface area contributed by atoms with Gasteiger partial charge in [-0.1, -0.05) is 0 Å². The quantitative estimate of drug-likeness (QED) is 0.448. The van der Waals surface area contributed by atoms with E-state index in [4.69, 9.17) is 5.39 Å². The zero-order valence-corrected chi connectivity index (χ0v) is 14.9. The molecule has 1 rings (SSSR count). The molecule has 0 aliphatic carbocycles. The molecule has 0 saturated carbocycles. The fourth-order valence-corrected chi connectivity index (χ4v) is 1.54. The molecule has 0 aliphatic rings. The van der Waals surface area contributed by atoms with E-state index in [1.807, 2.05) is 25.1 Å². The standard InChI is InChI=1S/C11H16N3.2ClH.Zn/c1-4-14(5-2)10-6-7-11(13-12)9(3)8-10;;;/h6-8H,4-5H2,1-3H3;2*1H;/q+1;;;/p-2. The first-order valence-corrected chi connectivity index (χ1v) is 4.93. The third-order valence-corrected chi connectivity index (χ3v) is 2.42. The SMILES string of the molecule is CCN(CC)c1ccc([N+]#N)c(C)c1.[Cl-].[Cl-].[Zn]. The number of halogens is 2. The molecule has 0 radical (unpaired) electrons. The molecular weight excluding hydrogens is 310 g/mol. The number of anilines is 1. The zero-order chi connectivity index (χ0) is 10.6. The van der Waals surface area contributed by atoms with Gasteiger partial charge in [0.05, 0.1) is 0 Å². The van der Waals surface area contributed by atoms with Crippen LogP contribution in [-0.4, -0.2) is 13.1 Å². The first kappa shape index (κ1) is 21.9. The summed E-state index contributed by atoms with van der Waals surface area (Å²) < 4.78 is 0. The number of benzene rings is 1. The van der Waals surface area contributed by atoms with Crippen LogP contribution in [0, 0.1) is 12.3 Å². The molecule has 6 heteroatoms.